The van der Waals surface area contributed by atoms with Gasteiger partial charge in [-0.2, -0.15) is 5.10 Å². The van der Waals surface area contributed by atoms with E-state index in [0.29, 0.717) is 12.2 Å². The Labute approximate surface area is 158 Å². The van der Waals surface area contributed by atoms with Crippen LogP contribution in [-0.2, 0) is 6.54 Å². The first-order valence-electron chi connectivity index (χ1n) is 8.17. The van der Waals surface area contributed by atoms with Gasteiger partial charge in [-0.15, -0.1) is 0 Å². The highest BCUT2D eigenvalue weighted by molar-refractivity contribution is 9.10. The molecule has 4 aromatic rings. The Morgan fingerprint density at radius 3 is 2.65 bits per heavy atom. The van der Waals surface area contributed by atoms with Crippen molar-refractivity contribution in [1.82, 2.24) is 25.1 Å². The van der Waals surface area contributed by atoms with Crippen molar-refractivity contribution in [3.63, 3.8) is 0 Å². The van der Waals surface area contributed by atoms with E-state index in [1.54, 1.807) is 11.0 Å². The molecule has 0 fully saturated rings. The number of hydrogen-bond acceptors (Lipinski definition) is 3. The van der Waals surface area contributed by atoms with Crippen LogP contribution < -0.4 is 5.32 Å². The number of fused-ring (bicyclic) bond motifs is 1. The normalized spacial score (nSPS) is 12.2. The summed E-state index contributed by atoms with van der Waals surface area (Å²) in [7, 11) is 0. The lowest BCUT2D eigenvalue weighted by Crippen LogP contribution is -2.32. The van der Waals surface area contributed by atoms with Gasteiger partial charge in [-0.1, -0.05) is 48.5 Å². The Morgan fingerprint density at radius 2 is 1.92 bits per heavy atom. The van der Waals surface area contributed by atoms with Crippen LogP contribution in [0.3, 0.4) is 0 Å². The van der Waals surface area contributed by atoms with Crippen LogP contribution in [0, 0.1) is 0 Å². The molecule has 0 aliphatic rings. The van der Waals surface area contributed by atoms with E-state index in [9.17, 15) is 4.79 Å². The number of aromatic nitrogens is 4. The molecule has 0 aliphatic carbocycles. The molecule has 1 atom stereocenters. The third kappa shape index (κ3) is 3.25. The molecule has 130 valence electrons. The van der Waals surface area contributed by atoms with Crippen molar-refractivity contribution in [2.24, 2.45) is 0 Å². The lowest BCUT2D eigenvalue weighted by molar-refractivity contribution is 0.0927. The first-order chi connectivity index (χ1) is 12.7. The number of rotatable bonds is 5. The molecule has 0 saturated carbocycles. The van der Waals surface area contributed by atoms with E-state index < -0.39 is 0 Å². The first-order valence-corrected chi connectivity index (χ1v) is 8.96. The molecular formula is C19H16BrN5O. The average molecular weight is 410 g/mol. The zero-order chi connectivity index (χ0) is 17.9. The average Bonchev–Trinajstić information content (AvgIpc) is 3.30. The molecule has 6 nitrogen and oxygen atoms in total. The molecule has 0 radical (unpaired) electrons. The predicted molar refractivity (Wildman–Crippen MR) is 103 cm³/mol. The lowest BCUT2D eigenvalue weighted by atomic mass is 10.1. The van der Waals surface area contributed by atoms with Crippen LogP contribution in [0.5, 0.6) is 0 Å². The van der Waals surface area contributed by atoms with Crippen molar-refractivity contribution >= 4 is 32.7 Å². The molecule has 4 rings (SSSR count). The first kappa shape index (κ1) is 16.5. The zero-order valence-electron chi connectivity index (χ0n) is 13.8. The summed E-state index contributed by atoms with van der Waals surface area (Å²) in [6.07, 6.45) is 3.12. The van der Waals surface area contributed by atoms with Crippen molar-refractivity contribution < 1.29 is 4.79 Å². The van der Waals surface area contributed by atoms with Crippen LogP contribution in [0.4, 0.5) is 0 Å². The van der Waals surface area contributed by atoms with Gasteiger partial charge >= 0.3 is 0 Å². The van der Waals surface area contributed by atoms with Crippen molar-refractivity contribution in [3.05, 3.63) is 83.0 Å². The van der Waals surface area contributed by atoms with Gasteiger partial charge in [0.15, 0.2) is 0 Å². The molecule has 7 heteroatoms. The predicted octanol–water partition coefficient (Wildman–Crippen LogP) is 3.69. The van der Waals surface area contributed by atoms with Crippen LogP contribution in [0.25, 0.3) is 10.9 Å². The van der Waals surface area contributed by atoms with Gasteiger partial charge in [-0.3, -0.25) is 9.48 Å². The Hall–Kier alpha value is -2.93. The second kappa shape index (κ2) is 7.13. The highest BCUT2D eigenvalue weighted by atomic mass is 79.9. The third-order valence-corrected chi connectivity index (χ3v) is 5.04. The Balaban J connectivity index is 1.64. The molecule has 2 aromatic carbocycles. The molecule has 26 heavy (non-hydrogen) atoms. The van der Waals surface area contributed by atoms with E-state index in [4.69, 9.17) is 0 Å². The summed E-state index contributed by atoms with van der Waals surface area (Å²) < 4.78 is 2.47. The number of H-pyrrole nitrogens is 1. The molecular weight excluding hydrogens is 394 g/mol. The minimum Gasteiger partial charge on any atom is -0.350 e. The van der Waals surface area contributed by atoms with Gasteiger partial charge in [-0.05, 0) is 27.6 Å². The van der Waals surface area contributed by atoms with Gasteiger partial charge < -0.3 is 10.3 Å². The highest BCUT2D eigenvalue weighted by Gasteiger charge is 2.21. The lowest BCUT2D eigenvalue weighted by Gasteiger charge is -2.19. The van der Waals surface area contributed by atoms with Crippen molar-refractivity contribution in [2.45, 2.75) is 12.6 Å². The molecule has 0 bridgehead atoms. The van der Waals surface area contributed by atoms with E-state index in [0.717, 1.165) is 20.9 Å². The van der Waals surface area contributed by atoms with Crippen molar-refractivity contribution in [1.29, 1.82) is 0 Å². The van der Waals surface area contributed by atoms with Crippen LogP contribution >= 0.6 is 15.9 Å². The van der Waals surface area contributed by atoms with Gasteiger partial charge in [0.2, 0.25) is 0 Å². The number of halogens is 1. The maximum absolute atomic E-state index is 12.9. The quantitative estimate of drug-likeness (QED) is 0.527. The molecule has 1 unspecified atom stereocenters. The Bertz CT molecular complexity index is 1030. The number of carbonyl (C=O) groups is 1. The van der Waals surface area contributed by atoms with E-state index in [1.165, 1.54) is 6.33 Å². The summed E-state index contributed by atoms with van der Waals surface area (Å²) in [6.45, 7) is 0.494. The van der Waals surface area contributed by atoms with Gasteiger partial charge in [0.05, 0.1) is 17.1 Å². The molecule has 2 aromatic heterocycles. The smallest absolute Gasteiger partial charge is 0.269 e. The largest absolute Gasteiger partial charge is 0.350 e. The molecule has 0 saturated heterocycles. The second-order valence-corrected chi connectivity index (χ2v) is 6.71. The third-order valence-electron chi connectivity index (χ3n) is 4.21. The SMILES string of the molecule is O=C(NC(Cn1cncn1)c1ccccc1)c1[nH]c2ccccc2c1Br. The number of amides is 1. The minimum atomic E-state index is -0.233. The van der Waals surface area contributed by atoms with Crippen LogP contribution in [0.15, 0.2) is 71.7 Å². The van der Waals surface area contributed by atoms with E-state index in [-0.39, 0.29) is 11.9 Å². The van der Waals surface area contributed by atoms with Crippen molar-refractivity contribution in [2.75, 3.05) is 0 Å². The van der Waals surface area contributed by atoms with Gasteiger partial charge in [0.1, 0.15) is 18.3 Å². The highest BCUT2D eigenvalue weighted by Crippen LogP contribution is 2.28. The number of nitrogens with zero attached hydrogens (tertiary/aromatic N) is 3. The standard InChI is InChI=1S/C19H16BrN5O/c20-17-14-8-4-5-9-15(14)23-18(17)19(26)24-16(10-25-12-21-11-22-25)13-6-2-1-3-7-13/h1-9,11-12,16,23H,10H2,(H,24,26). The molecule has 1 amide bonds. The molecule has 0 spiro atoms. The van der Waals surface area contributed by atoms with E-state index in [2.05, 4.69) is 36.3 Å². The summed E-state index contributed by atoms with van der Waals surface area (Å²) in [5.74, 6) is -0.179. The Kier molecular flexibility index (Phi) is 4.53. The summed E-state index contributed by atoms with van der Waals surface area (Å²) in [4.78, 5) is 20.1. The molecule has 0 aliphatic heterocycles. The van der Waals surface area contributed by atoms with Crippen LogP contribution in [0.2, 0.25) is 0 Å². The fraction of sp³-hybridized carbons (Fsp3) is 0.105. The van der Waals surface area contributed by atoms with Crippen molar-refractivity contribution in [3.8, 4) is 0 Å². The Morgan fingerprint density at radius 1 is 1.15 bits per heavy atom. The second-order valence-electron chi connectivity index (χ2n) is 5.91. The summed E-state index contributed by atoms with van der Waals surface area (Å²) in [5.41, 5.74) is 2.42. The zero-order valence-corrected chi connectivity index (χ0v) is 15.3. The maximum atomic E-state index is 12.9. The maximum Gasteiger partial charge on any atom is 0.269 e. The molecule has 2 N–H and O–H groups in total. The van der Waals surface area contributed by atoms with Gasteiger partial charge in [0.25, 0.3) is 5.91 Å². The van der Waals surface area contributed by atoms with Crippen LogP contribution in [-0.4, -0.2) is 25.7 Å². The van der Waals surface area contributed by atoms with E-state index in [1.807, 2.05) is 54.6 Å². The monoisotopic (exact) mass is 409 g/mol. The number of carbonyl (C=O) groups excluding carboxylic acids is 1. The number of benzene rings is 2. The van der Waals surface area contributed by atoms with Gasteiger partial charge in [0, 0.05) is 10.9 Å². The molecule has 2 heterocycles. The minimum absolute atomic E-state index is 0.179. The van der Waals surface area contributed by atoms with Gasteiger partial charge in [-0.25, -0.2) is 4.98 Å². The summed E-state index contributed by atoms with van der Waals surface area (Å²) in [5, 5.41) is 8.23. The van der Waals surface area contributed by atoms with E-state index >= 15 is 0 Å². The fourth-order valence-electron chi connectivity index (χ4n) is 2.93. The number of nitrogens with one attached hydrogen (secondary N) is 2. The topological polar surface area (TPSA) is 75.6 Å². The number of aromatic amines is 1. The number of para-hydroxylation sites is 1. The summed E-state index contributed by atoms with van der Waals surface area (Å²) in [6, 6.07) is 17.4. The number of hydrogen-bond donors (Lipinski definition) is 2. The van der Waals surface area contributed by atoms with Crippen LogP contribution in [0.1, 0.15) is 22.1 Å². The summed E-state index contributed by atoms with van der Waals surface area (Å²) >= 11 is 3.54. The fourth-order valence-corrected chi connectivity index (χ4v) is 3.55.